The first kappa shape index (κ1) is 18.5. The molecule has 126 valence electrons. The number of nitrogens with one attached hydrogen (secondary N) is 1. The minimum Gasteiger partial charge on any atom is -0.465 e. The number of amides is 1. The maximum atomic E-state index is 11.7. The Balaban J connectivity index is 2.94. The van der Waals surface area contributed by atoms with E-state index in [-0.39, 0.29) is 17.7 Å². The lowest BCUT2D eigenvalue weighted by molar-refractivity contribution is 0.0522. The van der Waals surface area contributed by atoms with E-state index in [0.717, 1.165) is 0 Å². The van der Waals surface area contributed by atoms with Crippen molar-refractivity contribution in [2.75, 3.05) is 14.2 Å². The van der Waals surface area contributed by atoms with Gasteiger partial charge in [0.25, 0.3) is 0 Å². The predicted molar refractivity (Wildman–Crippen MR) is 82.2 cm³/mol. The average Bonchev–Trinajstić information content (AvgIpc) is 2.49. The monoisotopic (exact) mass is 323 g/mol. The van der Waals surface area contributed by atoms with Crippen molar-refractivity contribution in [1.82, 2.24) is 5.32 Å². The zero-order valence-electron chi connectivity index (χ0n) is 13.9. The summed E-state index contributed by atoms with van der Waals surface area (Å²) in [7, 11) is 2.48. The molecule has 0 saturated carbocycles. The van der Waals surface area contributed by atoms with Gasteiger partial charge in [-0.3, -0.25) is 0 Å². The summed E-state index contributed by atoms with van der Waals surface area (Å²) in [6, 6.07) is 4.42. The molecule has 1 aromatic carbocycles. The molecule has 0 aliphatic heterocycles. The number of benzene rings is 1. The molecule has 0 fully saturated rings. The number of ether oxygens (including phenoxy) is 3. The van der Waals surface area contributed by atoms with Gasteiger partial charge in [0.15, 0.2) is 0 Å². The molecule has 0 unspecified atom stereocenters. The maximum absolute atomic E-state index is 11.7. The Hall–Kier alpha value is -2.57. The molecule has 0 spiro atoms. The van der Waals surface area contributed by atoms with Crippen LogP contribution in [0.25, 0.3) is 0 Å². The first-order valence-electron chi connectivity index (χ1n) is 6.93. The van der Waals surface area contributed by atoms with E-state index in [0.29, 0.717) is 5.56 Å². The van der Waals surface area contributed by atoms with E-state index in [2.05, 4.69) is 14.8 Å². The van der Waals surface area contributed by atoms with Crippen LogP contribution < -0.4 is 5.32 Å². The van der Waals surface area contributed by atoms with E-state index in [1.54, 1.807) is 20.8 Å². The van der Waals surface area contributed by atoms with Gasteiger partial charge in [0.1, 0.15) is 5.60 Å². The van der Waals surface area contributed by atoms with E-state index >= 15 is 0 Å². The lowest BCUT2D eigenvalue weighted by Gasteiger charge is -2.19. The summed E-state index contributed by atoms with van der Waals surface area (Å²) in [4.78, 5) is 35.0. The summed E-state index contributed by atoms with van der Waals surface area (Å²) in [5.41, 5.74) is 0.307. The molecule has 0 bridgehead atoms. The number of hydrogen-bond donors (Lipinski definition) is 1. The van der Waals surface area contributed by atoms with Crippen LogP contribution in [-0.4, -0.2) is 37.9 Å². The number of carbonyl (C=O) groups is 3. The quantitative estimate of drug-likeness (QED) is 0.675. The molecule has 1 N–H and O–H groups in total. The Kier molecular flexibility index (Phi) is 6.12. The van der Waals surface area contributed by atoms with Gasteiger partial charge in [0, 0.05) is 6.54 Å². The van der Waals surface area contributed by atoms with Gasteiger partial charge in [0.2, 0.25) is 0 Å². The highest BCUT2D eigenvalue weighted by atomic mass is 16.6. The van der Waals surface area contributed by atoms with E-state index < -0.39 is 23.6 Å². The molecule has 0 heterocycles. The number of alkyl carbamates (subject to hydrolysis) is 1. The molecule has 0 atom stereocenters. The third-order valence-electron chi connectivity index (χ3n) is 2.67. The summed E-state index contributed by atoms with van der Waals surface area (Å²) in [5.74, 6) is -1.18. The maximum Gasteiger partial charge on any atom is 0.407 e. The van der Waals surface area contributed by atoms with E-state index in [1.807, 2.05) is 0 Å². The first-order valence-corrected chi connectivity index (χ1v) is 6.93. The number of esters is 2. The van der Waals surface area contributed by atoms with Crippen molar-refractivity contribution >= 4 is 18.0 Å². The minimum absolute atomic E-state index is 0.0870. The van der Waals surface area contributed by atoms with Crippen LogP contribution in [0.5, 0.6) is 0 Å². The Morgan fingerprint density at radius 2 is 1.43 bits per heavy atom. The molecule has 23 heavy (non-hydrogen) atoms. The second kappa shape index (κ2) is 7.62. The van der Waals surface area contributed by atoms with Crippen molar-refractivity contribution in [2.45, 2.75) is 32.9 Å². The molecule has 1 rings (SSSR count). The van der Waals surface area contributed by atoms with Crippen molar-refractivity contribution in [3.8, 4) is 0 Å². The predicted octanol–water partition coefficient (Wildman–Crippen LogP) is 2.28. The Morgan fingerprint density at radius 1 is 0.957 bits per heavy atom. The third-order valence-corrected chi connectivity index (χ3v) is 2.67. The number of carbonyl (C=O) groups excluding carboxylic acids is 3. The van der Waals surface area contributed by atoms with Crippen molar-refractivity contribution in [3.63, 3.8) is 0 Å². The van der Waals surface area contributed by atoms with Crippen LogP contribution in [0.4, 0.5) is 4.79 Å². The molecule has 0 aromatic heterocycles. The van der Waals surface area contributed by atoms with Gasteiger partial charge in [-0.15, -0.1) is 0 Å². The van der Waals surface area contributed by atoms with Crippen LogP contribution in [-0.2, 0) is 20.8 Å². The topological polar surface area (TPSA) is 90.9 Å². The number of methoxy groups -OCH3 is 2. The summed E-state index contributed by atoms with van der Waals surface area (Å²) in [6.45, 7) is 5.34. The fraction of sp³-hybridized carbons (Fsp3) is 0.438. The van der Waals surface area contributed by atoms with Crippen LogP contribution in [0, 0.1) is 0 Å². The van der Waals surface area contributed by atoms with Crippen molar-refractivity contribution in [2.24, 2.45) is 0 Å². The average molecular weight is 323 g/mol. The van der Waals surface area contributed by atoms with Crippen LogP contribution >= 0.6 is 0 Å². The van der Waals surface area contributed by atoms with Crippen LogP contribution in [0.15, 0.2) is 18.2 Å². The Bertz CT molecular complexity index is 569. The van der Waals surface area contributed by atoms with Gasteiger partial charge in [-0.25, -0.2) is 14.4 Å². The van der Waals surface area contributed by atoms with Gasteiger partial charge in [-0.2, -0.15) is 0 Å². The van der Waals surface area contributed by atoms with Gasteiger partial charge < -0.3 is 19.5 Å². The highest BCUT2D eigenvalue weighted by molar-refractivity contribution is 5.95. The van der Waals surface area contributed by atoms with Crippen molar-refractivity contribution in [1.29, 1.82) is 0 Å². The summed E-state index contributed by atoms with van der Waals surface area (Å²) in [6.07, 6.45) is -0.597. The fourth-order valence-electron chi connectivity index (χ4n) is 1.75. The Labute approximate surface area is 134 Å². The molecule has 1 amide bonds. The molecule has 0 saturated heterocycles. The largest absolute Gasteiger partial charge is 0.465 e. The molecule has 0 radical (unpaired) electrons. The van der Waals surface area contributed by atoms with Crippen LogP contribution in [0.1, 0.15) is 47.1 Å². The summed E-state index contributed by atoms with van der Waals surface area (Å²) < 4.78 is 14.4. The molecule has 0 aliphatic rings. The van der Waals surface area contributed by atoms with Gasteiger partial charge in [-0.05, 0) is 44.5 Å². The smallest absolute Gasteiger partial charge is 0.407 e. The zero-order valence-corrected chi connectivity index (χ0v) is 13.9. The lowest BCUT2D eigenvalue weighted by Crippen LogP contribution is -2.32. The molecule has 1 aromatic rings. The Morgan fingerprint density at radius 3 is 1.83 bits per heavy atom. The molecule has 7 nitrogen and oxygen atoms in total. The molecule has 0 aliphatic carbocycles. The van der Waals surface area contributed by atoms with Gasteiger partial charge in [-0.1, -0.05) is 0 Å². The second-order valence-electron chi connectivity index (χ2n) is 5.76. The van der Waals surface area contributed by atoms with Gasteiger partial charge >= 0.3 is 18.0 Å². The minimum atomic E-state index is -0.616. The standard InChI is InChI=1S/C16H21NO6/c1-16(2,3)23-15(20)17-9-10-6-11(13(18)21-4)8-12(7-10)14(19)22-5/h6-8H,9H2,1-5H3,(H,17,20). The van der Waals surface area contributed by atoms with E-state index in [4.69, 9.17) is 4.74 Å². The zero-order chi connectivity index (χ0) is 17.6. The SMILES string of the molecule is COC(=O)c1cc(CNC(=O)OC(C)(C)C)cc(C(=O)OC)c1. The van der Waals surface area contributed by atoms with Crippen LogP contribution in [0.3, 0.4) is 0 Å². The third kappa shape index (κ3) is 5.98. The molecular weight excluding hydrogens is 302 g/mol. The molecule has 7 heteroatoms. The van der Waals surface area contributed by atoms with E-state index in [1.165, 1.54) is 32.4 Å². The number of hydrogen-bond acceptors (Lipinski definition) is 6. The van der Waals surface area contributed by atoms with Crippen LogP contribution in [0.2, 0.25) is 0 Å². The molecular formula is C16H21NO6. The normalized spacial score (nSPS) is 10.7. The van der Waals surface area contributed by atoms with Crippen molar-refractivity contribution < 1.29 is 28.6 Å². The van der Waals surface area contributed by atoms with Crippen molar-refractivity contribution in [3.05, 3.63) is 34.9 Å². The fourth-order valence-corrected chi connectivity index (χ4v) is 1.75. The highest BCUT2D eigenvalue weighted by Gasteiger charge is 2.17. The lowest BCUT2D eigenvalue weighted by atomic mass is 10.1. The van der Waals surface area contributed by atoms with E-state index in [9.17, 15) is 14.4 Å². The first-order chi connectivity index (χ1) is 10.7. The number of rotatable bonds is 4. The van der Waals surface area contributed by atoms with Gasteiger partial charge in [0.05, 0.1) is 25.3 Å². The summed E-state index contributed by atoms with van der Waals surface area (Å²) >= 11 is 0. The highest BCUT2D eigenvalue weighted by Crippen LogP contribution is 2.13. The summed E-state index contributed by atoms with van der Waals surface area (Å²) in [5, 5.41) is 2.56. The second-order valence-corrected chi connectivity index (χ2v) is 5.76.